The van der Waals surface area contributed by atoms with Crippen LogP contribution >= 0.6 is 0 Å². The Labute approximate surface area is 204 Å². The van der Waals surface area contributed by atoms with Crippen molar-refractivity contribution in [2.24, 2.45) is 5.92 Å². The summed E-state index contributed by atoms with van der Waals surface area (Å²) in [7, 11) is 1.48. The van der Waals surface area contributed by atoms with Gasteiger partial charge in [-0.15, -0.1) is 0 Å². The Balaban J connectivity index is 1.84. The van der Waals surface area contributed by atoms with E-state index in [1.54, 1.807) is 25.1 Å². The number of rotatable bonds is 6. The molecule has 182 valence electrons. The zero-order valence-corrected chi connectivity index (χ0v) is 20.3. The van der Waals surface area contributed by atoms with E-state index in [-0.39, 0.29) is 24.1 Å². The molecule has 7 heteroatoms. The molecule has 0 fully saturated rings. The Morgan fingerprint density at radius 2 is 1.77 bits per heavy atom. The highest BCUT2D eigenvalue weighted by Gasteiger charge is 2.45. The number of esters is 2. The van der Waals surface area contributed by atoms with Crippen LogP contribution in [0.15, 0.2) is 71.6 Å². The molecule has 2 aromatic carbocycles. The molecule has 1 aliphatic heterocycles. The van der Waals surface area contributed by atoms with Gasteiger partial charge in [0.1, 0.15) is 5.78 Å². The van der Waals surface area contributed by atoms with Crippen LogP contribution in [0.3, 0.4) is 0 Å². The first-order valence-electron chi connectivity index (χ1n) is 11.6. The van der Waals surface area contributed by atoms with Gasteiger partial charge in [-0.2, -0.15) is 0 Å². The number of methoxy groups -OCH3 is 1. The maximum atomic E-state index is 13.6. The average molecular weight is 476 g/mol. The fraction of sp³-hybridized carbons (Fsp3) is 0.321. The molecule has 35 heavy (non-hydrogen) atoms. The molecule has 1 aliphatic carbocycles. The van der Waals surface area contributed by atoms with E-state index in [1.165, 1.54) is 14.0 Å². The largest absolute Gasteiger partial charge is 0.493 e. The fourth-order valence-corrected chi connectivity index (χ4v) is 4.94. The minimum Gasteiger partial charge on any atom is -0.493 e. The molecule has 0 amide bonds. The van der Waals surface area contributed by atoms with E-state index in [4.69, 9.17) is 14.2 Å². The highest BCUT2D eigenvalue weighted by Crippen LogP contribution is 2.47. The van der Waals surface area contributed by atoms with Crippen LogP contribution < -0.4 is 14.8 Å². The second-order valence-corrected chi connectivity index (χ2v) is 8.65. The summed E-state index contributed by atoms with van der Waals surface area (Å²) in [6.45, 7) is 5.09. The van der Waals surface area contributed by atoms with Gasteiger partial charge in [-0.1, -0.05) is 42.5 Å². The number of Topliss-reactive ketones (excluding diaryl/α,β-unsaturated/α-hetero) is 1. The monoisotopic (exact) mass is 475 g/mol. The van der Waals surface area contributed by atoms with Crippen molar-refractivity contribution < 1.29 is 28.6 Å². The van der Waals surface area contributed by atoms with Gasteiger partial charge in [-0.25, -0.2) is 4.79 Å². The van der Waals surface area contributed by atoms with Crippen molar-refractivity contribution in [1.82, 2.24) is 5.32 Å². The Hall–Kier alpha value is -3.87. The van der Waals surface area contributed by atoms with Gasteiger partial charge in [0, 0.05) is 36.6 Å². The summed E-state index contributed by atoms with van der Waals surface area (Å²) in [4.78, 5) is 38.2. The van der Waals surface area contributed by atoms with Crippen LogP contribution in [0.4, 0.5) is 0 Å². The molecule has 4 rings (SSSR count). The van der Waals surface area contributed by atoms with Gasteiger partial charge in [0.05, 0.1) is 25.2 Å². The summed E-state index contributed by atoms with van der Waals surface area (Å²) in [6.07, 6.45) is 2.42. The van der Waals surface area contributed by atoms with Crippen molar-refractivity contribution in [2.75, 3.05) is 13.7 Å². The van der Waals surface area contributed by atoms with Gasteiger partial charge in [-0.05, 0) is 37.1 Å². The molecule has 3 atom stereocenters. The van der Waals surface area contributed by atoms with Gasteiger partial charge >= 0.3 is 11.9 Å². The summed E-state index contributed by atoms with van der Waals surface area (Å²) < 4.78 is 16.1. The first-order chi connectivity index (χ1) is 16.8. The second-order valence-electron chi connectivity index (χ2n) is 8.65. The third-order valence-electron chi connectivity index (χ3n) is 6.39. The number of ketones is 1. The van der Waals surface area contributed by atoms with Gasteiger partial charge in [0.15, 0.2) is 11.5 Å². The van der Waals surface area contributed by atoms with Crippen molar-refractivity contribution in [3.05, 3.63) is 82.7 Å². The maximum Gasteiger partial charge on any atom is 0.336 e. The molecule has 1 N–H and O–H groups in total. The highest BCUT2D eigenvalue weighted by molar-refractivity contribution is 5.96. The molecule has 1 heterocycles. The number of hydrogen-bond acceptors (Lipinski definition) is 7. The molecule has 0 saturated heterocycles. The lowest BCUT2D eigenvalue weighted by Gasteiger charge is -2.39. The van der Waals surface area contributed by atoms with Crippen LogP contribution in [0.25, 0.3) is 0 Å². The van der Waals surface area contributed by atoms with E-state index in [0.29, 0.717) is 29.0 Å². The molecule has 3 unspecified atom stereocenters. The summed E-state index contributed by atoms with van der Waals surface area (Å²) >= 11 is 0. The molecular weight excluding hydrogens is 446 g/mol. The molecule has 0 saturated carbocycles. The van der Waals surface area contributed by atoms with Crippen LogP contribution in [0.1, 0.15) is 50.2 Å². The molecule has 0 spiro atoms. The van der Waals surface area contributed by atoms with Crippen molar-refractivity contribution in [3.63, 3.8) is 0 Å². The van der Waals surface area contributed by atoms with Crippen molar-refractivity contribution >= 4 is 17.7 Å². The first-order valence-corrected chi connectivity index (χ1v) is 11.6. The van der Waals surface area contributed by atoms with E-state index in [9.17, 15) is 14.4 Å². The predicted molar refractivity (Wildman–Crippen MR) is 130 cm³/mol. The summed E-state index contributed by atoms with van der Waals surface area (Å²) in [5.74, 6) is -1.51. The third-order valence-corrected chi connectivity index (χ3v) is 6.39. The normalized spacial score (nSPS) is 21.4. The quantitative estimate of drug-likeness (QED) is 0.489. The number of fused-ring (bicyclic) bond motifs is 1. The molecule has 0 radical (unpaired) electrons. The van der Waals surface area contributed by atoms with E-state index in [1.807, 2.05) is 37.3 Å². The summed E-state index contributed by atoms with van der Waals surface area (Å²) in [6, 6.07) is 15.0. The zero-order valence-electron chi connectivity index (χ0n) is 20.3. The van der Waals surface area contributed by atoms with Crippen molar-refractivity contribution in [3.8, 4) is 11.5 Å². The smallest absolute Gasteiger partial charge is 0.336 e. The van der Waals surface area contributed by atoms with Crippen LogP contribution in [-0.2, 0) is 19.1 Å². The third kappa shape index (κ3) is 4.85. The number of carbonyl (C=O) groups is 3. The lowest BCUT2D eigenvalue weighted by molar-refractivity contribution is -0.139. The van der Waals surface area contributed by atoms with Crippen LogP contribution in [0.2, 0.25) is 0 Å². The number of carbonyl (C=O) groups excluding carboxylic acids is 3. The van der Waals surface area contributed by atoms with Gasteiger partial charge in [0.2, 0.25) is 0 Å². The first kappa shape index (κ1) is 24.3. The molecule has 0 aromatic heterocycles. The van der Waals surface area contributed by atoms with E-state index in [0.717, 1.165) is 11.3 Å². The second kappa shape index (κ2) is 10.2. The number of allylic oxidation sites excluding steroid dienone is 3. The minimum absolute atomic E-state index is 0.0335. The molecule has 0 bridgehead atoms. The van der Waals surface area contributed by atoms with Gasteiger partial charge < -0.3 is 19.5 Å². The van der Waals surface area contributed by atoms with E-state index in [2.05, 4.69) is 11.4 Å². The summed E-state index contributed by atoms with van der Waals surface area (Å²) in [5, 5.41) is 3.32. The fourth-order valence-electron chi connectivity index (χ4n) is 4.94. The molecule has 7 nitrogen and oxygen atoms in total. The van der Waals surface area contributed by atoms with Gasteiger partial charge in [0.25, 0.3) is 0 Å². The van der Waals surface area contributed by atoms with E-state index >= 15 is 0 Å². The Kier molecular flexibility index (Phi) is 7.05. The average Bonchev–Trinajstić information content (AvgIpc) is 2.83. The maximum absolute atomic E-state index is 13.6. The highest BCUT2D eigenvalue weighted by atomic mass is 16.6. The predicted octanol–water partition coefficient (Wildman–Crippen LogP) is 4.40. The lowest BCUT2D eigenvalue weighted by atomic mass is 9.68. The number of hydrogen-bond donors (Lipinski definition) is 1. The Bertz CT molecular complexity index is 1210. The number of benzene rings is 2. The SMILES string of the molecule is CCOC(=O)C1=C(C)NC2=CC(c3ccccc3)CC(=O)C2C1c1ccc(OC(C)=O)c(OC)c1. The number of nitrogens with one attached hydrogen (secondary N) is 1. The molecule has 2 aromatic rings. The topological polar surface area (TPSA) is 90.9 Å². The van der Waals surface area contributed by atoms with Gasteiger partial charge in [-0.3, -0.25) is 9.59 Å². The zero-order chi connectivity index (χ0) is 25.1. The Morgan fingerprint density at radius 1 is 1.03 bits per heavy atom. The molecule has 2 aliphatic rings. The van der Waals surface area contributed by atoms with Crippen molar-refractivity contribution in [2.45, 2.75) is 39.0 Å². The minimum atomic E-state index is -0.581. The Morgan fingerprint density at radius 3 is 2.43 bits per heavy atom. The number of ether oxygens (including phenoxy) is 3. The van der Waals surface area contributed by atoms with E-state index < -0.39 is 23.8 Å². The lowest BCUT2D eigenvalue weighted by Crippen LogP contribution is -2.42. The van der Waals surface area contributed by atoms with Crippen LogP contribution in [0, 0.1) is 5.92 Å². The van der Waals surface area contributed by atoms with Crippen LogP contribution in [-0.4, -0.2) is 31.4 Å². The summed E-state index contributed by atoms with van der Waals surface area (Å²) in [5.41, 5.74) is 3.58. The van der Waals surface area contributed by atoms with Crippen LogP contribution in [0.5, 0.6) is 11.5 Å². The van der Waals surface area contributed by atoms with Crippen molar-refractivity contribution in [1.29, 1.82) is 0 Å². The molecular formula is C28H29NO6. The standard InChI is InChI=1S/C28H29NO6/c1-5-34-28(32)25-16(2)29-21-13-20(18-9-7-6-8-10-18)14-22(31)27(21)26(25)19-11-12-23(35-17(3)30)24(15-19)33-4/h6-13,15,20,26-27,29H,5,14H2,1-4H3.